The number of hydrogen-bond acceptors (Lipinski definition) is 4. The highest BCUT2D eigenvalue weighted by atomic mass is 19.1. The van der Waals surface area contributed by atoms with E-state index in [1.807, 2.05) is 23.7 Å². The van der Waals surface area contributed by atoms with E-state index in [-0.39, 0.29) is 42.2 Å². The normalized spacial score (nSPS) is 19.5. The van der Waals surface area contributed by atoms with Gasteiger partial charge in [0.05, 0.1) is 11.7 Å². The molecule has 8 heteroatoms. The van der Waals surface area contributed by atoms with Gasteiger partial charge in [-0.05, 0) is 101 Å². The van der Waals surface area contributed by atoms with E-state index in [1.54, 1.807) is 6.07 Å². The SMILES string of the molecule is CCc1cc(F)ccc1-c1cc(C(=O)NC(CCN2CCCCC2)CC(=O)NC2CCC2)nn1C1CCCC1. The van der Waals surface area contributed by atoms with Gasteiger partial charge in [-0.3, -0.25) is 14.3 Å². The average molecular weight is 538 g/mol. The maximum absolute atomic E-state index is 14.0. The van der Waals surface area contributed by atoms with Crippen molar-refractivity contribution in [3.8, 4) is 11.3 Å². The summed E-state index contributed by atoms with van der Waals surface area (Å²) < 4.78 is 16.0. The minimum atomic E-state index is -0.253. The summed E-state index contributed by atoms with van der Waals surface area (Å²) in [5.74, 6) is -0.481. The third-order valence-electron chi connectivity index (χ3n) is 8.84. The minimum absolute atomic E-state index is 0.0136. The number of piperidine rings is 1. The van der Waals surface area contributed by atoms with Crippen LogP contribution in [0.3, 0.4) is 0 Å². The number of nitrogens with one attached hydrogen (secondary N) is 2. The molecule has 1 aromatic heterocycles. The molecule has 1 aromatic carbocycles. The molecule has 2 amide bonds. The van der Waals surface area contributed by atoms with E-state index in [9.17, 15) is 14.0 Å². The van der Waals surface area contributed by atoms with Gasteiger partial charge >= 0.3 is 0 Å². The van der Waals surface area contributed by atoms with Crippen molar-refractivity contribution >= 4 is 11.8 Å². The first-order chi connectivity index (χ1) is 19.0. The molecule has 0 radical (unpaired) electrons. The molecular weight excluding hydrogens is 493 g/mol. The highest BCUT2D eigenvalue weighted by Crippen LogP contribution is 2.35. The van der Waals surface area contributed by atoms with Crippen LogP contribution in [0.15, 0.2) is 24.3 Å². The van der Waals surface area contributed by atoms with Crippen molar-refractivity contribution in [1.29, 1.82) is 0 Å². The predicted octanol–water partition coefficient (Wildman–Crippen LogP) is 5.40. The molecule has 0 bridgehead atoms. The molecule has 1 aliphatic heterocycles. The maximum Gasteiger partial charge on any atom is 0.272 e. The first-order valence-electron chi connectivity index (χ1n) is 15.2. The molecule has 212 valence electrons. The smallest absolute Gasteiger partial charge is 0.272 e. The zero-order valence-electron chi connectivity index (χ0n) is 23.4. The van der Waals surface area contributed by atoms with E-state index in [0.717, 1.165) is 81.4 Å². The van der Waals surface area contributed by atoms with Gasteiger partial charge in [-0.25, -0.2) is 4.39 Å². The molecular formula is C31H44FN5O2. The summed E-state index contributed by atoms with van der Waals surface area (Å²) in [6.07, 6.45) is 13.0. The molecule has 2 heterocycles. The standard InChI is InChI=1S/C31H44FN5O2/c1-2-22-19-23(32)13-14-27(22)29-21-28(35-37(29)26-11-4-5-12-26)31(39)34-25(15-18-36-16-6-3-7-17-36)20-30(38)33-24-9-8-10-24/h13-14,19,21,24-26H,2-12,15-18,20H2,1H3,(H,33,38)(H,34,39). The second-order valence-corrected chi connectivity index (χ2v) is 11.7. The molecule has 2 aliphatic carbocycles. The zero-order chi connectivity index (χ0) is 27.2. The number of likely N-dealkylation sites (tertiary alicyclic amines) is 1. The quantitative estimate of drug-likeness (QED) is 0.402. The summed E-state index contributed by atoms with van der Waals surface area (Å²) in [5, 5.41) is 11.1. The van der Waals surface area contributed by atoms with Gasteiger partial charge in [-0.15, -0.1) is 0 Å². The molecule has 1 atom stereocenters. The fraction of sp³-hybridized carbons (Fsp3) is 0.645. The first-order valence-corrected chi connectivity index (χ1v) is 15.2. The Labute approximate surface area is 231 Å². The van der Waals surface area contributed by atoms with Crippen molar-refractivity contribution in [2.24, 2.45) is 0 Å². The topological polar surface area (TPSA) is 79.3 Å². The van der Waals surface area contributed by atoms with Crippen molar-refractivity contribution in [2.75, 3.05) is 19.6 Å². The fourth-order valence-corrected chi connectivity index (χ4v) is 6.31. The number of carbonyl (C=O) groups is 2. The Balaban J connectivity index is 1.35. The zero-order valence-corrected chi connectivity index (χ0v) is 23.4. The number of halogens is 1. The van der Waals surface area contributed by atoms with Gasteiger partial charge in [0.15, 0.2) is 5.69 Å². The van der Waals surface area contributed by atoms with Crippen LogP contribution in [-0.2, 0) is 11.2 Å². The summed E-state index contributed by atoms with van der Waals surface area (Å²) in [5.41, 5.74) is 3.08. The fourth-order valence-electron chi connectivity index (χ4n) is 6.31. The number of nitrogens with zero attached hydrogens (tertiary/aromatic N) is 3. The van der Waals surface area contributed by atoms with Gasteiger partial charge in [0, 0.05) is 30.6 Å². The molecule has 3 fully saturated rings. The lowest BCUT2D eigenvalue weighted by Crippen LogP contribution is -2.45. The number of hydrogen-bond donors (Lipinski definition) is 2. The Morgan fingerprint density at radius 1 is 1.03 bits per heavy atom. The van der Waals surface area contributed by atoms with Crippen molar-refractivity contribution < 1.29 is 14.0 Å². The second-order valence-electron chi connectivity index (χ2n) is 11.7. The predicted molar refractivity (Wildman–Crippen MR) is 151 cm³/mol. The molecule has 2 saturated carbocycles. The molecule has 5 rings (SSSR count). The van der Waals surface area contributed by atoms with Gasteiger partial charge in [0.2, 0.25) is 5.91 Å². The van der Waals surface area contributed by atoms with Crippen LogP contribution in [0.1, 0.15) is 106 Å². The number of rotatable bonds is 11. The maximum atomic E-state index is 14.0. The Bertz CT molecular complexity index is 1130. The van der Waals surface area contributed by atoms with E-state index in [4.69, 9.17) is 5.10 Å². The Morgan fingerprint density at radius 3 is 2.49 bits per heavy atom. The second kappa shape index (κ2) is 13.1. The Kier molecular flexibility index (Phi) is 9.32. The summed E-state index contributed by atoms with van der Waals surface area (Å²) in [7, 11) is 0. The van der Waals surface area contributed by atoms with E-state index in [2.05, 4.69) is 15.5 Å². The van der Waals surface area contributed by atoms with E-state index < -0.39 is 0 Å². The lowest BCUT2D eigenvalue weighted by atomic mass is 9.93. The van der Waals surface area contributed by atoms with Crippen LogP contribution in [0, 0.1) is 5.82 Å². The first kappa shape index (κ1) is 27.8. The molecule has 7 nitrogen and oxygen atoms in total. The lowest BCUT2D eigenvalue weighted by Gasteiger charge is -2.29. The van der Waals surface area contributed by atoms with Crippen LogP contribution in [-0.4, -0.2) is 58.2 Å². The number of aryl methyl sites for hydroxylation is 1. The van der Waals surface area contributed by atoms with Gasteiger partial charge in [0.1, 0.15) is 5.82 Å². The van der Waals surface area contributed by atoms with Crippen LogP contribution < -0.4 is 10.6 Å². The lowest BCUT2D eigenvalue weighted by molar-refractivity contribution is -0.122. The number of aromatic nitrogens is 2. The van der Waals surface area contributed by atoms with E-state index in [1.165, 1.54) is 31.7 Å². The molecule has 1 unspecified atom stereocenters. The number of carbonyl (C=O) groups excluding carboxylic acids is 2. The summed E-state index contributed by atoms with van der Waals surface area (Å²) >= 11 is 0. The molecule has 2 aromatic rings. The van der Waals surface area contributed by atoms with Crippen LogP contribution in [0.4, 0.5) is 4.39 Å². The third kappa shape index (κ3) is 7.07. The van der Waals surface area contributed by atoms with Crippen LogP contribution in [0.25, 0.3) is 11.3 Å². The van der Waals surface area contributed by atoms with Gasteiger partial charge in [-0.1, -0.05) is 26.2 Å². The highest BCUT2D eigenvalue weighted by molar-refractivity contribution is 5.94. The Morgan fingerprint density at radius 2 is 1.79 bits per heavy atom. The van der Waals surface area contributed by atoms with Crippen molar-refractivity contribution in [1.82, 2.24) is 25.3 Å². The molecule has 1 saturated heterocycles. The summed E-state index contributed by atoms with van der Waals surface area (Å²) in [6.45, 7) is 5.06. The summed E-state index contributed by atoms with van der Waals surface area (Å²) in [4.78, 5) is 28.9. The molecule has 3 aliphatic rings. The largest absolute Gasteiger partial charge is 0.353 e. The third-order valence-corrected chi connectivity index (χ3v) is 8.84. The van der Waals surface area contributed by atoms with Crippen molar-refractivity contribution in [2.45, 2.75) is 109 Å². The molecule has 0 spiro atoms. The van der Waals surface area contributed by atoms with Crippen LogP contribution in [0.5, 0.6) is 0 Å². The number of benzene rings is 1. The van der Waals surface area contributed by atoms with Crippen molar-refractivity contribution in [3.05, 3.63) is 41.3 Å². The molecule has 39 heavy (non-hydrogen) atoms. The molecule has 2 N–H and O–H groups in total. The number of amides is 2. The average Bonchev–Trinajstić information content (AvgIpc) is 3.60. The minimum Gasteiger partial charge on any atom is -0.353 e. The van der Waals surface area contributed by atoms with Crippen LogP contribution >= 0.6 is 0 Å². The van der Waals surface area contributed by atoms with Crippen LogP contribution in [0.2, 0.25) is 0 Å². The van der Waals surface area contributed by atoms with Gasteiger partial charge < -0.3 is 15.5 Å². The highest BCUT2D eigenvalue weighted by Gasteiger charge is 2.27. The van der Waals surface area contributed by atoms with Gasteiger partial charge in [0.25, 0.3) is 5.91 Å². The monoisotopic (exact) mass is 537 g/mol. The summed E-state index contributed by atoms with van der Waals surface area (Å²) in [6, 6.07) is 7.00. The van der Waals surface area contributed by atoms with E-state index >= 15 is 0 Å². The van der Waals surface area contributed by atoms with Gasteiger partial charge in [-0.2, -0.15) is 5.10 Å². The van der Waals surface area contributed by atoms with Crippen molar-refractivity contribution in [3.63, 3.8) is 0 Å². The Hall–Kier alpha value is -2.74. The van der Waals surface area contributed by atoms with E-state index in [0.29, 0.717) is 12.1 Å².